The zero-order chi connectivity index (χ0) is 28.2. The summed E-state index contributed by atoms with van der Waals surface area (Å²) in [7, 11) is 0. The number of nitrogen functional groups attached to an aromatic ring is 1. The van der Waals surface area contributed by atoms with E-state index in [1.54, 1.807) is 66.7 Å². The van der Waals surface area contributed by atoms with Crippen LogP contribution in [0.25, 0.3) is 0 Å². The number of allylic oxidation sites excluding steroid dienone is 1. The summed E-state index contributed by atoms with van der Waals surface area (Å²) in [6.45, 7) is 2.14. The Kier molecular flexibility index (Phi) is 10.9. The second kappa shape index (κ2) is 14.6. The molecule has 0 aromatic heterocycles. The molecule has 0 aliphatic rings. The van der Waals surface area contributed by atoms with Gasteiger partial charge in [0.25, 0.3) is 0 Å². The lowest BCUT2D eigenvalue weighted by Crippen LogP contribution is -2.29. The van der Waals surface area contributed by atoms with E-state index >= 15 is 0 Å². The van der Waals surface area contributed by atoms with Crippen LogP contribution in [-0.2, 0) is 14.3 Å². The van der Waals surface area contributed by atoms with Crippen molar-refractivity contribution in [3.63, 3.8) is 0 Å². The number of phenolic OH excluding ortho intramolecular Hbond substituents is 1. The molecule has 0 aliphatic heterocycles. The van der Waals surface area contributed by atoms with E-state index in [1.165, 1.54) is 12.1 Å². The molecule has 202 valence electrons. The largest absolute Gasteiger partial charge is 0.508 e. The topological polar surface area (TPSA) is 147 Å². The fraction of sp³-hybridized carbons (Fsp3) is 0.207. The Morgan fingerprint density at radius 2 is 1.87 bits per heavy atom. The molecule has 3 aromatic rings. The van der Waals surface area contributed by atoms with Crippen LogP contribution in [0.5, 0.6) is 5.75 Å². The summed E-state index contributed by atoms with van der Waals surface area (Å²) in [5, 5.41) is 24.9. The van der Waals surface area contributed by atoms with E-state index in [-0.39, 0.29) is 11.7 Å². The zero-order valence-electron chi connectivity index (χ0n) is 21.3. The van der Waals surface area contributed by atoms with Crippen molar-refractivity contribution in [2.45, 2.75) is 32.0 Å². The second-order valence-electron chi connectivity index (χ2n) is 8.39. The van der Waals surface area contributed by atoms with Gasteiger partial charge in [-0.15, -0.1) is 0 Å². The number of hydrogen-bond acceptors (Lipinski definition) is 7. The van der Waals surface area contributed by atoms with Crippen LogP contribution in [0.1, 0.15) is 37.0 Å². The first-order valence-corrected chi connectivity index (χ1v) is 13.0. The molecule has 0 aliphatic carbocycles. The number of aromatic hydroxyl groups is 1. The van der Waals surface area contributed by atoms with E-state index in [9.17, 15) is 14.7 Å². The first-order valence-electron chi connectivity index (χ1n) is 12.2. The molecule has 2 amide bonds. The summed E-state index contributed by atoms with van der Waals surface area (Å²) in [5.41, 5.74) is 8.11. The Labute approximate surface area is 235 Å². The van der Waals surface area contributed by atoms with E-state index in [4.69, 9.17) is 20.5 Å². The minimum Gasteiger partial charge on any atom is -0.508 e. The SMILES string of the molecule is CCO[C@@H](CC/C=C/C(=O)Nc1ccccc1N)[C@@H](OC(=O)Nc1ccc(C#N)cc1)c1cc(Br)ccc1O. The Hall–Kier alpha value is -4.33. The third-order valence-corrected chi connectivity index (χ3v) is 6.11. The summed E-state index contributed by atoms with van der Waals surface area (Å²) >= 11 is 3.40. The average Bonchev–Trinajstić information content (AvgIpc) is 2.92. The number of amides is 2. The maximum absolute atomic E-state index is 12.9. The van der Waals surface area contributed by atoms with Crippen molar-refractivity contribution in [2.24, 2.45) is 0 Å². The average molecular weight is 593 g/mol. The lowest BCUT2D eigenvalue weighted by Gasteiger charge is -2.28. The first kappa shape index (κ1) is 29.2. The predicted octanol–water partition coefficient (Wildman–Crippen LogP) is 6.28. The molecule has 3 rings (SSSR count). The highest BCUT2D eigenvalue weighted by molar-refractivity contribution is 9.10. The van der Waals surface area contributed by atoms with Crippen LogP contribution >= 0.6 is 15.9 Å². The fourth-order valence-corrected chi connectivity index (χ4v) is 4.13. The molecule has 5 N–H and O–H groups in total. The van der Waals surface area contributed by atoms with E-state index in [2.05, 4.69) is 26.6 Å². The van der Waals surface area contributed by atoms with Gasteiger partial charge in [0, 0.05) is 22.3 Å². The van der Waals surface area contributed by atoms with Crippen molar-refractivity contribution in [2.75, 3.05) is 23.0 Å². The number of nitriles is 1. The molecular weight excluding hydrogens is 564 g/mol. The van der Waals surface area contributed by atoms with Crippen molar-refractivity contribution in [1.82, 2.24) is 0 Å². The highest BCUT2D eigenvalue weighted by atomic mass is 79.9. The molecular formula is C29H29BrN4O5. The van der Waals surface area contributed by atoms with E-state index in [0.717, 1.165) is 0 Å². The van der Waals surface area contributed by atoms with Crippen molar-refractivity contribution >= 4 is 45.0 Å². The van der Waals surface area contributed by atoms with E-state index < -0.39 is 18.3 Å². The Bertz CT molecular complexity index is 1350. The maximum Gasteiger partial charge on any atom is 0.412 e. The van der Waals surface area contributed by atoms with Gasteiger partial charge in [-0.05, 0) is 80.4 Å². The van der Waals surface area contributed by atoms with Gasteiger partial charge in [-0.2, -0.15) is 5.26 Å². The minimum atomic E-state index is -0.966. The molecule has 0 unspecified atom stereocenters. The number of halogens is 1. The molecule has 0 radical (unpaired) electrons. The number of nitrogens with zero attached hydrogens (tertiary/aromatic N) is 1. The zero-order valence-corrected chi connectivity index (χ0v) is 22.9. The summed E-state index contributed by atoms with van der Waals surface area (Å²) in [6.07, 6.45) is 1.53. The number of para-hydroxylation sites is 2. The highest BCUT2D eigenvalue weighted by Gasteiger charge is 2.30. The molecule has 10 heteroatoms. The van der Waals surface area contributed by atoms with Crippen molar-refractivity contribution in [3.05, 3.63) is 94.5 Å². The highest BCUT2D eigenvalue weighted by Crippen LogP contribution is 2.35. The first-order chi connectivity index (χ1) is 18.8. The van der Waals surface area contributed by atoms with Gasteiger partial charge < -0.3 is 25.6 Å². The number of carbonyl (C=O) groups is 2. The number of benzene rings is 3. The van der Waals surface area contributed by atoms with Crippen LogP contribution in [0.15, 0.2) is 83.4 Å². The number of carbonyl (C=O) groups excluding carboxylic acids is 2. The van der Waals surface area contributed by atoms with Gasteiger partial charge in [0.15, 0.2) is 6.10 Å². The van der Waals surface area contributed by atoms with Gasteiger partial charge in [-0.1, -0.05) is 34.1 Å². The van der Waals surface area contributed by atoms with Gasteiger partial charge in [0.05, 0.1) is 29.1 Å². The third-order valence-electron chi connectivity index (χ3n) is 5.61. The van der Waals surface area contributed by atoms with Crippen LogP contribution in [0.4, 0.5) is 21.9 Å². The molecule has 9 nitrogen and oxygen atoms in total. The number of nitrogens with one attached hydrogen (secondary N) is 2. The molecule has 2 atom stereocenters. The smallest absolute Gasteiger partial charge is 0.412 e. The number of nitrogens with two attached hydrogens (primary N) is 1. The Balaban J connectivity index is 1.73. The Morgan fingerprint density at radius 1 is 1.13 bits per heavy atom. The Morgan fingerprint density at radius 3 is 2.56 bits per heavy atom. The van der Waals surface area contributed by atoms with Gasteiger partial charge in [-0.3, -0.25) is 10.1 Å². The second-order valence-corrected chi connectivity index (χ2v) is 9.31. The van der Waals surface area contributed by atoms with Gasteiger partial charge in [-0.25, -0.2) is 4.79 Å². The quantitative estimate of drug-likeness (QED) is 0.151. The van der Waals surface area contributed by atoms with Gasteiger partial charge >= 0.3 is 6.09 Å². The van der Waals surface area contributed by atoms with Crippen molar-refractivity contribution in [3.8, 4) is 11.8 Å². The molecule has 39 heavy (non-hydrogen) atoms. The maximum atomic E-state index is 12.9. The molecule has 0 spiro atoms. The molecule has 0 saturated heterocycles. The fourth-order valence-electron chi connectivity index (χ4n) is 3.76. The molecule has 0 saturated carbocycles. The van der Waals surface area contributed by atoms with Crippen LogP contribution < -0.4 is 16.4 Å². The van der Waals surface area contributed by atoms with Crippen molar-refractivity contribution < 1.29 is 24.2 Å². The van der Waals surface area contributed by atoms with Crippen molar-refractivity contribution in [1.29, 1.82) is 5.26 Å². The summed E-state index contributed by atoms with van der Waals surface area (Å²) < 4.78 is 12.4. The van der Waals surface area contributed by atoms with E-state index in [1.807, 2.05) is 13.0 Å². The van der Waals surface area contributed by atoms with Crippen LogP contribution in [0.2, 0.25) is 0 Å². The van der Waals surface area contributed by atoms with Gasteiger partial charge in [0.2, 0.25) is 5.91 Å². The molecule has 3 aromatic carbocycles. The number of hydrogen-bond donors (Lipinski definition) is 4. The van der Waals surface area contributed by atoms with Crippen LogP contribution in [-0.4, -0.2) is 29.8 Å². The lowest BCUT2D eigenvalue weighted by molar-refractivity contribution is -0.111. The van der Waals surface area contributed by atoms with Gasteiger partial charge in [0.1, 0.15) is 5.75 Å². The summed E-state index contributed by atoms with van der Waals surface area (Å²) in [4.78, 5) is 25.2. The summed E-state index contributed by atoms with van der Waals surface area (Å²) in [6, 6.07) is 20.1. The molecule has 0 heterocycles. The number of phenols is 1. The monoisotopic (exact) mass is 592 g/mol. The van der Waals surface area contributed by atoms with E-state index in [0.29, 0.717) is 52.1 Å². The van der Waals surface area contributed by atoms with Crippen LogP contribution in [0.3, 0.4) is 0 Å². The number of rotatable bonds is 11. The predicted molar refractivity (Wildman–Crippen MR) is 153 cm³/mol. The summed E-state index contributed by atoms with van der Waals surface area (Å²) in [5.74, 6) is -0.394. The minimum absolute atomic E-state index is 0.0607. The molecule has 0 bridgehead atoms. The standard InChI is InChI=1S/C29H29BrN4O5/c1-2-38-26(9-5-6-10-27(36)34-24-8-4-3-7-23(24)32)28(22-17-20(30)13-16-25(22)35)39-29(37)33-21-14-11-19(18-31)12-15-21/h3-4,6-8,10-17,26,28,35H,2,5,9,32H2,1H3,(H,33,37)(H,34,36)/b10-6+/t26-,28-/m0/s1. The normalized spacial score (nSPS) is 12.3. The number of anilines is 3. The number of ether oxygens (including phenoxy) is 2. The lowest BCUT2D eigenvalue weighted by atomic mass is 9.99. The molecule has 0 fully saturated rings. The van der Waals surface area contributed by atoms with Crippen LogP contribution in [0, 0.1) is 11.3 Å². The third kappa shape index (κ3) is 8.88.